The molecule has 0 aliphatic carbocycles. The van der Waals surface area contributed by atoms with E-state index in [0.29, 0.717) is 12.6 Å². The molecule has 0 spiro atoms. The van der Waals surface area contributed by atoms with Crippen LogP contribution in [0.5, 0.6) is 0 Å². The highest BCUT2D eigenvalue weighted by atomic mass is 16.2. The largest absolute Gasteiger partial charge is 0.355 e. The van der Waals surface area contributed by atoms with Crippen LogP contribution in [-0.4, -0.2) is 66.5 Å². The van der Waals surface area contributed by atoms with Crippen molar-refractivity contribution in [3.05, 3.63) is 35.9 Å². The molecule has 0 bridgehead atoms. The number of urea groups is 1. The maximum atomic E-state index is 12.7. The van der Waals surface area contributed by atoms with Crippen LogP contribution in [0.1, 0.15) is 45.1 Å². The maximum Gasteiger partial charge on any atom is 0.317 e. The lowest BCUT2D eigenvalue weighted by molar-refractivity contribution is -0.127. The molecule has 6 heteroatoms. The highest BCUT2D eigenvalue weighted by Gasteiger charge is 2.32. The van der Waals surface area contributed by atoms with Crippen LogP contribution < -0.4 is 10.6 Å². The molecule has 2 aliphatic heterocycles. The summed E-state index contributed by atoms with van der Waals surface area (Å²) in [6.07, 6.45) is 4.91. The third-order valence-corrected chi connectivity index (χ3v) is 6.06. The minimum Gasteiger partial charge on any atom is -0.355 e. The van der Waals surface area contributed by atoms with Crippen LogP contribution in [0.4, 0.5) is 4.79 Å². The first-order valence-electron chi connectivity index (χ1n) is 11.1. The van der Waals surface area contributed by atoms with Gasteiger partial charge in [-0.25, -0.2) is 4.79 Å². The molecule has 2 N–H and O–H groups in total. The third kappa shape index (κ3) is 6.46. The molecular weight excluding hydrogens is 364 g/mol. The molecule has 2 fully saturated rings. The molecule has 6 nitrogen and oxygen atoms in total. The van der Waals surface area contributed by atoms with E-state index in [9.17, 15) is 9.59 Å². The number of nitrogens with zero attached hydrogens (tertiary/aromatic N) is 2. The van der Waals surface area contributed by atoms with Crippen LogP contribution in [0.3, 0.4) is 0 Å². The van der Waals surface area contributed by atoms with E-state index >= 15 is 0 Å². The summed E-state index contributed by atoms with van der Waals surface area (Å²) in [4.78, 5) is 29.3. The van der Waals surface area contributed by atoms with Gasteiger partial charge in [0.15, 0.2) is 0 Å². The van der Waals surface area contributed by atoms with Crippen molar-refractivity contribution in [2.24, 2.45) is 5.92 Å². The number of carbonyl (C=O) groups is 2. The van der Waals surface area contributed by atoms with Gasteiger partial charge in [-0.15, -0.1) is 0 Å². The fraction of sp³-hybridized carbons (Fsp3) is 0.652. The summed E-state index contributed by atoms with van der Waals surface area (Å²) in [5, 5.41) is 6.12. The Kier molecular flexibility index (Phi) is 7.92. The predicted molar refractivity (Wildman–Crippen MR) is 116 cm³/mol. The van der Waals surface area contributed by atoms with Gasteiger partial charge in [-0.1, -0.05) is 30.3 Å². The number of carbonyl (C=O) groups excluding carboxylic acids is 2. The molecule has 0 aromatic heterocycles. The van der Waals surface area contributed by atoms with Crippen LogP contribution >= 0.6 is 0 Å². The number of benzene rings is 1. The first-order chi connectivity index (χ1) is 14.0. The van der Waals surface area contributed by atoms with E-state index in [0.717, 1.165) is 58.3 Å². The zero-order valence-corrected chi connectivity index (χ0v) is 17.9. The number of nitrogens with one attached hydrogen (secondary N) is 2. The second-order valence-corrected chi connectivity index (χ2v) is 8.68. The summed E-state index contributed by atoms with van der Waals surface area (Å²) in [7, 11) is 0. The number of rotatable bonds is 6. The molecule has 0 saturated carbocycles. The van der Waals surface area contributed by atoms with Crippen molar-refractivity contribution >= 4 is 11.9 Å². The smallest absolute Gasteiger partial charge is 0.317 e. The summed E-state index contributed by atoms with van der Waals surface area (Å²) in [6, 6.07) is 11.0. The van der Waals surface area contributed by atoms with Gasteiger partial charge in [0.2, 0.25) is 5.91 Å². The number of piperidine rings is 2. The van der Waals surface area contributed by atoms with E-state index in [1.807, 2.05) is 36.9 Å². The summed E-state index contributed by atoms with van der Waals surface area (Å²) in [5.41, 5.74) is 1.26. The van der Waals surface area contributed by atoms with E-state index in [4.69, 9.17) is 0 Å². The highest BCUT2D eigenvalue weighted by molar-refractivity contribution is 5.79. The first kappa shape index (κ1) is 21.6. The number of amides is 3. The molecule has 2 heterocycles. The van der Waals surface area contributed by atoms with Gasteiger partial charge in [-0.3, -0.25) is 9.69 Å². The summed E-state index contributed by atoms with van der Waals surface area (Å²) in [5.74, 6) is 0.279. The second-order valence-electron chi connectivity index (χ2n) is 8.68. The molecule has 2 aliphatic rings. The van der Waals surface area contributed by atoms with E-state index < -0.39 is 0 Å². The van der Waals surface area contributed by atoms with Gasteiger partial charge in [0.05, 0.1) is 5.92 Å². The van der Waals surface area contributed by atoms with Crippen molar-refractivity contribution in [1.82, 2.24) is 20.4 Å². The van der Waals surface area contributed by atoms with Crippen molar-refractivity contribution < 1.29 is 9.59 Å². The molecule has 1 aromatic rings. The monoisotopic (exact) mass is 400 g/mol. The minimum atomic E-state index is 0.0489. The zero-order valence-electron chi connectivity index (χ0n) is 17.9. The lowest BCUT2D eigenvalue weighted by atomic mass is 9.93. The topological polar surface area (TPSA) is 64.7 Å². The molecule has 1 unspecified atom stereocenters. The quantitative estimate of drug-likeness (QED) is 0.772. The Morgan fingerprint density at radius 3 is 2.48 bits per heavy atom. The van der Waals surface area contributed by atoms with E-state index in [1.165, 1.54) is 5.56 Å². The molecule has 3 rings (SSSR count). The Morgan fingerprint density at radius 2 is 1.79 bits per heavy atom. The van der Waals surface area contributed by atoms with Crippen LogP contribution in [0.25, 0.3) is 0 Å². The average molecular weight is 401 g/mol. The Balaban J connectivity index is 1.41. The Hall–Kier alpha value is -2.08. The lowest BCUT2D eigenvalue weighted by Crippen LogP contribution is -2.53. The van der Waals surface area contributed by atoms with Crippen molar-refractivity contribution in [2.45, 2.75) is 58.0 Å². The molecule has 160 valence electrons. The standard InChI is InChI=1S/C23H36N4O2/c1-18(2)25-23(29)26-15-11-21(12-16-26)27-14-6-9-20(17-27)22(28)24-13-10-19-7-4-3-5-8-19/h3-5,7-8,18,20-21H,6,9-17H2,1-2H3,(H,24,28)(H,25,29). The molecular formula is C23H36N4O2. The highest BCUT2D eigenvalue weighted by Crippen LogP contribution is 2.24. The number of likely N-dealkylation sites (tertiary alicyclic amines) is 2. The second kappa shape index (κ2) is 10.6. The van der Waals surface area contributed by atoms with Crippen LogP contribution in [0.2, 0.25) is 0 Å². The summed E-state index contributed by atoms with van der Waals surface area (Å²) >= 11 is 0. The van der Waals surface area contributed by atoms with Crippen LogP contribution in [0, 0.1) is 5.92 Å². The van der Waals surface area contributed by atoms with Gasteiger partial charge in [0.1, 0.15) is 0 Å². The average Bonchev–Trinajstić information content (AvgIpc) is 2.74. The van der Waals surface area contributed by atoms with Crippen molar-refractivity contribution in [3.63, 3.8) is 0 Å². The minimum absolute atomic E-state index is 0.0489. The molecule has 1 aromatic carbocycles. The maximum absolute atomic E-state index is 12.7. The van der Waals surface area contributed by atoms with Gasteiger partial charge < -0.3 is 15.5 Å². The van der Waals surface area contributed by atoms with Crippen LogP contribution in [0.15, 0.2) is 30.3 Å². The molecule has 29 heavy (non-hydrogen) atoms. The predicted octanol–water partition coefficient (Wildman–Crippen LogP) is 2.64. The third-order valence-electron chi connectivity index (χ3n) is 6.06. The summed E-state index contributed by atoms with van der Waals surface area (Å²) in [6.45, 7) is 8.19. The van der Waals surface area contributed by atoms with E-state index in [1.54, 1.807) is 0 Å². The molecule has 2 saturated heterocycles. The Bertz CT molecular complexity index is 656. The van der Waals surface area contributed by atoms with Gasteiger partial charge in [-0.2, -0.15) is 0 Å². The van der Waals surface area contributed by atoms with Crippen molar-refractivity contribution in [2.75, 3.05) is 32.7 Å². The van der Waals surface area contributed by atoms with Gasteiger partial charge in [-0.05, 0) is 58.1 Å². The van der Waals surface area contributed by atoms with Crippen LogP contribution in [-0.2, 0) is 11.2 Å². The fourth-order valence-corrected chi connectivity index (χ4v) is 4.44. The SMILES string of the molecule is CC(C)NC(=O)N1CCC(N2CCCC(C(=O)NCCc3ccccc3)C2)CC1. The zero-order chi connectivity index (χ0) is 20.6. The van der Waals surface area contributed by atoms with Gasteiger partial charge >= 0.3 is 6.03 Å². The molecule has 0 radical (unpaired) electrons. The van der Waals surface area contributed by atoms with Crippen molar-refractivity contribution in [1.29, 1.82) is 0 Å². The Labute approximate surface area is 175 Å². The van der Waals surface area contributed by atoms with Gasteiger partial charge in [0, 0.05) is 38.3 Å². The Morgan fingerprint density at radius 1 is 1.07 bits per heavy atom. The molecule has 1 atom stereocenters. The summed E-state index contributed by atoms with van der Waals surface area (Å²) < 4.78 is 0. The molecule has 3 amide bonds. The van der Waals surface area contributed by atoms with E-state index in [-0.39, 0.29) is 23.9 Å². The van der Waals surface area contributed by atoms with Gasteiger partial charge in [0.25, 0.3) is 0 Å². The first-order valence-corrected chi connectivity index (χ1v) is 11.1. The normalized spacial score (nSPS) is 21.2. The van der Waals surface area contributed by atoms with E-state index in [2.05, 4.69) is 27.7 Å². The lowest BCUT2D eigenvalue weighted by Gasteiger charge is -2.42. The van der Waals surface area contributed by atoms with Crippen molar-refractivity contribution in [3.8, 4) is 0 Å². The number of hydrogen-bond acceptors (Lipinski definition) is 3. The fourth-order valence-electron chi connectivity index (χ4n) is 4.44. The number of hydrogen-bond donors (Lipinski definition) is 2.